The standard InChI is InChI=1S/C4HIN2O/c5-4-7-3(1-6)2-8-4/h2H. The molecule has 40 valence electrons. The van der Waals surface area contributed by atoms with E-state index in [0.29, 0.717) is 9.59 Å². The van der Waals surface area contributed by atoms with E-state index in [-0.39, 0.29) is 0 Å². The minimum Gasteiger partial charge on any atom is -0.439 e. The van der Waals surface area contributed by atoms with Crippen LogP contribution in [0.15, 0.2) is 10.7 Å². The number of nitrogens with zero attached hydrogens (tertiary/aromatic N) is 2. The number of hydrogen-bond acceptors (Lipinski definition) is 3. The molecule has 8 heavy (non-hydrogen) atoms. The van der Waals surface area contributed by atoms with Crippen molar-refractivity contribution >= 4 is 22.6 Å². The molecule has 1 aromatic heterocycles. The van der Waals surface area contributed by atoms with Gasteiger partial charge in [-0.2, -0.15) is 10.2 Å². The third kappa shape index (κ3) is 0.980. The van der Waals surface area contributed by atoms with E-state index in [1.54, 1.807) is 0 Å². The Morgan fingerprint density at radius 2 is 2.62 bits per heavy atom. The van der Waals surface area contributed by atoms with Gasteiger partial charge in [0, 0.05) is 22.6 Å². The first-order chi connectivity index (χ1) is 3.83. The Labute approximate surface area is 59.5 Å². The molecule has 0 radical (unpaired) electrons. The van der Waals surface area contributed by atoms with Crippen molar-refractivity contribution in [1.29, 1.82) is 5.26 Å². The first-order valence-corrected chi connectivity index (χ1v) is 2.92. The van der Waals surface area contributed by atoms with Crippen LogP contribution in [-0.4, -0.2) is 4.98 Å². The molecule has 0 bridgehead atoms. The van der Waals surface area contributed by atoms with Crippen molar-refractivity contribution in [3.8, 4) is 6.07 Å². The highest BCUT2D eigenvalue weighted by atomic mass is 127. The van der Waals surface area contributed by atoms with E-state index in [1.165, 1.54) is 6.26 Å². The Morgan fingerprint density at radius 1 is 1.88 bits per heavy atom. The highest BCUT2D eigenvalue weighted by Crippen LogP contribution is 2.01. The summed E-state index contributed by atoms with van der Waals surface area (Å²) in [6, 6.07) is 1.84. The van der Waals surface area contributed by atoms with E-state index < -0.39 is 0 Å². The molecule has 0 spiro atoms. The van der Waals surface area contributed by atoms with Gasteiger partial charge in [0.05, 0.1) is 0 Å². The van der Waals surface area contributed by atoms with E-state index >= 15 is 0 Å². The van der Waals surface area contributed by atoms with Crippen molar-refractivity contribution in [3.63, 3.8) is 0 Å². The molecule has 0 amide bonds. The Bertz CT molecular complexity index is 224. The van der Waals surface area contributed by atoms with E-state index in [2.05, 4.69) is 4.98 Å². The van der Waals surface area contributed by atoms with Crippen molar-refractivity contribution in [1.82, 2.24) is 4.98 Å². The molecule has 0 unspecified atom stereocenters. The van der Waals surface area contributed by atoms with Gasteiger partial charge >= 0.3 is 0 Å². The van der Waals surface area contributed by atoms with Crippen molar-refractivity contribution in [2.75, 3.05) is 0 Å². The lowest BCUT2D eigenvalue weighted by molar-refractivity contribution is 0.525. The van der Waals surface area contributed by atoms with E-state index in [0.717, 1.165) is 0 Å². The zero-order valence-corrected chi connectivity index (χ0v) is 5.92. The van der Waals surface area contributed by atoms with Gasteiger partial charge in [0.15, 0.2) is 5.69 Å². The Hall–Kier alpha value is -0.570. The van der Waals surface area contributed by atoms with Gasteiger partial charge in [-0.25, -0.2) is 0 Å². The number of aromatic nitrogens is 1. The fourth-order valence-electron chi connectivity index (χ4n) is 0.303. The molecule has 0 atom stereocenters. The number of nitriles is 1. The van der Waals surface area contributed by atoms with Crippen LogP contribution in [0.3, 0.4) is 0 Å². The zero-order chi connectivity index (χ0) is 5.98. The lowest BCUT2D eigenvalue weighted by atomic mass is 10.6. The van der Waals surface area contributed by atoms with Crippen LogP contribution in [0.1, 0.15) is 5.69 Å². The van der Waals surface area contributed by atoms with Crippen molar-refractivity contribution in [2.45, 2.75) is 0 Å². The average Bonchev–Trinajstić information content (AvgIpc) is 2.14. The normalized spacial score (nSPS) is 8.50. The fourth-order valence-corrected chi connectivity index (χ4v) is 0.690. The van der Waals surface area contributed by atoms with Crippen molar-refractivity contribution < 1.29 is 4.42 Å². The van der Waals surface area contributed by atoms with E-state index in [9.17, 15) is 0 Å². The van der Waals surface area contributed by atoms with Gasteiger partial charge in [-0.15, -0.1) is 0 Å². The molecule has 0 aliphatic rings. The van der Waals surface area contributed by atoms with Crippen LogP contribution in [0.5, 0.6) is 0 Å². The van der Waals surface area contributed by atoms with Gasteiger partial charge in [-0.1, -0.05) is 0 Å². The second-order valence-corrected chi connectivity index (χ2v) is 2.02. The van der Waals surface area contributed by atoms with Crippen LogP contribution >= 0.6 is 22.6 Å². The van der Waals surface area contributed by atoms with E-state index in [4.69, 9.17) is 9.68 Å². The highest BCUT2D eigenvalue weighted by molar-refractivity contribution is 14.1. The van der Waals surface area contributed by atoms with Gasteiger partial charge in [0.1, 0.15) is 12.3 Å². The number of halogens is 1. The van der Waals surface area contributed by atoms with Crippen LogP contribution in [-0.2, 0) is 0 Å². The summed E-state index contributed by atoms with van der Waals surface area (Å²) in [7, 11) is 0. The summed E-state index contributed by atoms with van der Waals surface area (Å²) >= 11 is 1.90. The molecule has 0 aliphatic heterocycles. The van der Waals surface area contributed by atoms with Crippen LogP contribution in [0, 0.1) is 15.2 Å². The van der Waals surface area contributed by atoms with Gasteiger partial charge in [-0.3, -0.25) is 0 Å². The molecule has 4 heteroatoms. The lowest BCUT2D eigenvalue weighted by Crippen LogP contribution is -1.69. The van der Waals surface area contributed by atoms with Crippen molar-refractivity contribution in [3.05, 3.63) is 15.9 Å². The smallest absolute Gasteiger partial charge is 0.258 e. The number of hydrogen-bond donors (Lipinski definition) is 0. The van der Waals surface area contributed by atoms with Gasteiger partial charge in [0.2, 0.25) is 0 Å². The third-order valence-corrected chi connectivity index (χ3v) is 1.09. The molecule has 0 fully saturated rings. The summed E-state index contributed by atoms with van der Waals surface area (Å²) < 4.78 is 5.21. The summed E-state index contributed by atoms with van der Waals surface area (Å²) in [5.74, 6) is 0. The molecular weight excluding hydrogens is 219 g/mol. The lowest BCUT2D eigenvalue weighted by Gasteiger charge is -1.65. The molecule has 1 aromatic rings. The molecule has 3 nitrogen and oxygen atoms in total. The van der Waals surface area contributed by atoms with Crippen LogP contribution in [0.2, 0.25) is 0 Å². The van der Waals surface area contributed by atoms with Crippen LogP contribution in [0.25, 0.3) is 0 Å². The molecule has 0 saturated heterocycles. The highest BCUT2D eigenvalue weighted by Gasteiger charge is 1.94. The largest absolute Gasteiger partial charge is 0.439 e. The molecule has 0 saturated carbocycles. The predicted molar refractivity (Wildman–Crippen MR) is 33.9 cm³/mol. The van der Waals surface area contributed by atoms with Gasteiger partial charge < -0.3 is 4.42 Å². The maximum absolute atomic E-state index is 8.18. The van der Waals surface area contributed by atoms with Gasteiger partial charge in [0.25, 0.3) is 3.90 Å². The molecule has 1 rings (SSSR count). The topological polar surface area (TPSA) is 49.8 Å². The Morgan fingerprint density at radius 3 is 2.88 bits per heavy atom. The SMILES string of the molecule is N#Cc1coc(I)n1. The zero-order valence-electron chi connectivity index (χ0n) is 3.76. The maximum Gasteiger partial charge on any atom is 0.258 e. The summed E-state index contributed by atoms with van der Waals surface area (Å²) in [5.41, 5.74) is 0.328. The first-order valence-electron chi connectivity index (χ1n) is 1.84. The quantitative estimate of drug-likeness (QED) is 0.616. The summed E-state index contributed by atoms with van der Waals surface area (Å²) in [4.78, 5) is 3.69. The molecule has 1 heterocycles. The van der Waals surface area contributed by atoms with E-state index in [1.807, 2.05) is 28.7 Å². The molecule has 0 aromatic carbocycles. The third-order valence-electron chi connectivity index (χ3n) is 0.591. The minimum atomic E-state index is 0.328. The first kappa shape index (κ1) is 5.56. The monoisotopic (exact) mass is 220 g/mol. The Kier molecular flexibility index (Phi) is 1.48. The van der Waals surface area contributed by atoms with Crippen LogP contribution < -0.4 is 0 Å². The molecular formula is C4HIN2O. The second-order valence-electron chi connectivity index (χ2n) is 1.10. The fraction of sp³-hybridized carbons (Fsp3) is 0. The second kappa shape index (κ2) is 2.13. The summed E-state index contributed by atoms with van der Waals surface area (Å²) in [6.45, 7) is 0. The average molecular weight is 220 g/mol. The Balaban J connectivity index is 3.05. The molecule has 0 aliphatic carbocycles. The van der Waals surface area contributed by atoms with Crippen molar-refractivity contribution in [2.24, 2.45) is 0 Å². The number of oxazole rings is 1. The summed E-state index contributed by atoms with van der Waals surface area (Å²) in [6.07, 6.45) is 1.32. The number of rotatable bonds is 0. The predicted octanol–water partition coefficient (Wildman–Crippen LogP) is 1.15. The van der Waals surface area contributed by atoms with Crippen LogP contribution in [0.4, 0.5) is 0 Å². The molecule has 0 N–H and O–H groups in total. The van der Waals surface area contributed by atoms with Gasteiger partial charge in [-0.05, 0) is 0 Å². The maximum atomic E-state index is 8.18. The summed E-state index contributed by atoms with van der Waals surface area (Å²) in [5, 5.41) is 8.18. The minimum absolute atomic E-state index is 0.328.